The monoisotopic (exact) mass is 476 g/mol. The number of aliphatic hydroxyl groups is 4. The second-order valence-electron chi connectivity index (χ2n) is 7.50. The molecule has 0 heterocycles. The zero-order chi connectivity index (χ0) is 26.1. The van der Waals surface area contributed by atoms with Gasteiger partial charge in [-0.15, -0.1) is 0 Å². The molecule has 0 fully saturated rings. The Hall–Kier alpha value is -3.86. The number of aliphatic hydroxyl groups excluding tert-OH is 2. The molecule has 184 valence electrons. The minimum Gasteiger partial charge on any atom is -0.508 e. The highest BCUT2D eigenvalue weighted by Crippen LogP contribution is 2.40. The van der Waals surface area contributed by atoms with E-state index in [0.29, 0.717) is 11.1 Å². The normalized spacial score (nSPS) is 14.7. The SMILES string of the molecule is CC(C)=O.O=C(c1ccccc1)C(O)CC1=CCC(O)(O)C=C1O.Oc1ccc(O)c(O)c1O. The Bertz CT molecular complexity index is 1020. The Morgan fingerprint density at radius 2 is 1.35 bits per heavy atom. The molecule has 0 amide bonds. The van der Waals surface area contributed by atoms with Gasteiger partial charge in [-0.1, -0.05) is 36.4 Å². The van der Waals surface area contributed by atoms with Crippen LogP contribution < -0.4 is 0 Å². The first-order valence-electron chi connectivity index (χ1n) is 9.98. The van der Waals surface area contributed by atoms with Crippen molar-refractivity contribution in [2.75, 3.05) is 0 Å². The lowest BCUT2D eigenvalue weighted by Crippen LogP contribution is -2.29. The fraction of sp³-hybridized carbons (Fsp3) is 0.250. The highest BCUT2D eigenvalue weighted by Gasteiger charge is 2.28. The van der Waals surface area contributed by atoms with Crippen LogP contribution in [0.15, 0.2) is 65.9 Å². The molecule has 0 saturated carbocycles. The van der Waals surface area contributed by atoms with Gasteiger partial charge in [-0.25, -0.2) is 0 Å². The van der Waals surface area contributed by atoms with Crippen molar-refractivity contribution >= 4 is 11.6 Å². The second kappa shape index (κ2) is 12.4. The van der Waals surface area contributed by atoms with Crippen molar-refractivity contribution in [2.45, 2.75) is 38.6 Å². The lowest BCUT2D eigenvalue weighted by molar-refractivity contribution is -0.117. The fourth-order valence-electron chi connectivity index (χ4n) is 2.59. The number of allylic oxidation sites excluding steroid dienone is 1. The van der Waals surface area contributed by atoms with Crippen LogP contribution in [0.25, 0.3) is 0 Å². The average molecular weight is 476 g/mol. The molecule has 1 unspecified atom stereocenters. The molecule has 2 aromatic carbocycles. The van der Waals surface area contributed by atoms with Crippen molar-refractivity contribution < 1.29 is 50.4 Å². The van der Waals surface area contributed by atoms with Crippen LogP contribution in [-0.2, 0) is 4.79 Å². The van der Waals surface area contributed by atoms with Gasteiger partial charge in [-0.2, -0.15) is 0 Å². The average Bonchev–Trinajstić information content (AvgIpc) is 2.76. The van der Waals surface area contributed by atoms with Gasteiger partial charge in [0.15, 0.2) is 23.1 Å². The van der Waals surface area contributed by atoms with Gasteiger partial charge in [0.05, 0.1) is 0 Å². The maximum atomic E-state index is 12.0. The molecule has 10 nitrogen and oxygen atoms in total. The molecule has 10 heteroatoms. The van der Waals surface area contributed by atoms with Crippen molar-refractivity contribution in [3.05, 3.63) is 71.5 Å². The Labute approximate surface area is 195 Å². The summed E-state index contributed by atoms with van der Waals surface area (Å²) < 4.78 is 0. The Morgan fingerprint density at radius 3 is 1.79 bits per heavy atom. The first kappa shape index (κ1) is 28.2. The van der Waals surface area contributed by atoms with Crippen molar-refractivity contribution in [1.29, 1.82) is 0 Å². The largest absolute Gasteiger partial charge is 0.508 e. The summed E-state index contributed by atoms with van der Waals surface area (Å²) in [6.07, 6.45) is 0.827. The molecule has 0 saturated heterocycles. The van der Waals surface area contributed by atoms with E-state index < -0.39 is 40.7 Å². The number of carbonyl (C=O) groups is 2. The summed E-state index contributed by atoms with van der Waals surface area (Å²) in [5, 5.41) is 73.1. The van der Waals surface area contributed by atoms with Crippen LogP contribution in [0.5, 0.6) is 23.0 Å². The van der Waals surface area contributed by atoms with E-state index in [2.05, 4.69) is 0 Å². The van der Waals surface area contributed by atoms with Crippen molar-refractivity contribution in [3.63, 3.8) is 0 Å². The third-order valence-corrected chi connectivity index (χ3v) is 4.23. The van der Waals surface area contributed by atoms with Gasteiger partial charge in [-0.05, 0) is 31.6 Å². The molecular formula is C24H28O10. The van der Waals surface area contributed by atoms with Crippen molar-refractivity contribution in [1.82, 2.24) is 0 Å². The number of Topliss-reactive ketones (excluding diaryl/α,β-unsaturated/α-hetero) is 2. The Kier molecular flexibility index (Phi) is 10.3. The predicted octanol–water partition coefficient (Wildman–Crippen LogP) is 2.18. The van der Waals surface area contributed by atoms with E-state index in [4.69, 9.17) is 20.4 Å². The van der Waals surface area contributed by atoms with Gasteiger partial charge in [-0.3, -0.25) is 4.79 Å². The summed E-state index contributed by atoms with van der Waals surface area (Å²) in [6, 6.07) is 10.5. The van der Waals surface area contributed by atoms with Crippen LogP contribution in [0, 0.1) is 0 Å². The van der Waals surface area contributed by atoms with E-state index in [9.17, 15) is 30.0 Å². The molecule has 34 heavy (non-hydrogen) atoms. The van der Waals surface area contributed by atoms with Gasteiger partial charge in [0.1, 0.15) is 17.6 Å². The number of hydrogen-bond donors (Lipinski definition) is 8. The number of rotatable bonds is 4. The highest BCUT2D eigenvalue weighted by molar-refractivity contribution is 5.99. The lowest BCUT2D eigenvalue weighted by atomic mass is 9.93. The molecule has 1 atom stereocenters. The smallest absolute Gasteiger partial charge is 0.204 e. The van der Waals surface area contributed by atoms with Crippen molar-refractivity contribution in [2.24, 2.45) is 0 Å². The summed E-state index contributed by atoms with van der Waals surface area (Å²) in [7, 11) is 0. The van der Waals surface area contributed by atoms with E-state index in [1.54, 1.807) is 30.3 Å². The zero-order valence-electron chi connectivity index (χ0n) is 18.6. The standard InChI is InChI=1S/C15H16O5.C6H6O4.C3H6O/c16-12(14(18)10-4-2-1-3-5-10)8-11-6-7-15(19,20)9-13(11)17;7-3-1-2-4(8)6(10)5(3)9;1-3(2)4/h1-6,9,12,16-17,19-20H,7-8H2;1-2,7-10H;1-2H3. The van der Waals surface area contributed by atoms with Gasteiger partial charge in [0.25, 0.3) is 0 Å². The number of ketones is 2. The fourth-order valence-corrected chi connectivity index (χ4v) is 2.59. The topological polar surface area (TPSA) is 196 Å². The van der Waals surface area contributed by atoms with Gasteiger partial charge >= 0.3 is 0 Å². The summed E-state index contributed by atoms with van der Waals surface area (Å²) in [5.74, 6) is -5.03. The first-order chi connectivity index (χ1) is 15.7. The third kappa shape index (κ3) is 8.94. The third-order valence-electron chi connectivity index (χ3n) is 4.23. The quantitative estimate of drug-likeness (QED) is 0.140. The van der Waals surface area contributed by atoms with Gasteiger partial charge < -0.3 is 45.6 Å². The first-order valence-corrected chi connectivity index (χ1v) is 9.98. The number of phenolic OH excluding ortho intramolecular Hbond substituents is 4. The minimum atomic E-state index is -2.08. The van der Waals surface area contributed by atoms with Crippen molar-refractivity contribution in [3.8, 4) is 23.0 Å². The molecule has 0 bridgehead atoms. The number of aromatic hydroxyl groups is 4. The molecular weight excluding hydrogens is 448 g/mol. The molecule has 0 spiro atoms. The summed E-state index contributed by atoms with van der Waals surface area (Å²) >= 11 is 0. The highest BCUT2D eigenvalue weighted by atomic mass is 16.5. The van der Waals surface area contributed by atoms with E-state index in [-0.39, 0.29) is 24.4 Å². The number of hydrogen-bond acceptors (Lipinski definition) is 10. The molecule has 0 aliphatic heterocycles. The van der Waals surface area contributed by atoms with Crippen LogP contribution in [-0.4, -0.2) is 64.3 Å². The second-order valence-corrected chi connectivity index (χ2v) is 7.50. The molecule has 3 rings (SSSR count). The van der Waals surface area contributed by atoms with E-state index in [1.165, 1.54) is 19.9 Å². The Balaban J connectivity index is 0.000000343. The minimum absolute atomic E-state index is 0.0772. The summed E-state index contributed by atoms with van der Waals surface area (Å²) in [4.78, 5) is 21.4. The van der Waals surface area contributed by atoms with Crippen LogP contribution in [0.2, 0.25) is 0 Å². The van der Waals surface area contributed by atoms with Crippen LogP contribution >= 0.6 is 0 Å². The molecule has 1 aliphatic rings. The number of phenols is 4. The summed E-state index contributed by atoms with van der Waals surface area (Å²) in [6.45, 7) is 3.06. The van der Waals surface area contributed by atoms with E-state index in [1.807, 2.05) is 0 Å². The number of carbonyl (C=O) groups excluding carboxylic acids is 2. The number of benzene rings is 2. The molecule has 0 radical (unpaired) electrons. The van der Waals surface area contributed by atoms with E-state index >= 15 is 0 Å². The Morgan fingerprint density at radius 1 is 0.882 bits per heavy atom. The van der Waals surface area contributed by atoms with Gasteiger partial charge in [0, 0.05) is 24.5 Å². The van der Waals surface area contributed by atoms with Crippen LogP contribution in [0.1, 0.15) is 37.0 Å². The zero-order valence-corrected chi connectivity index (χ0v) is 18.6. The van der Waals surface area contributed by atoms with Crippen LogP contribution in [0.4, 0.5) is 0 Å². The maximum absolute atomic E-state index is 12.0. The molecule has 8 N–H and O–H groups in total. The molecule has 0 aromatic heterocycles. The molecule has 2 aromatic rings. The molecule has 1 aliphatic carbocycles. The van der Waals surface area contributed by atoms with E-state index in [0.717, 1.165) is 18.2 Å². The van der Waals surface area contributed by atoms with Crippen LogP contribution in [0.3, 0.4) is 0 Å². The predicted molar refractivity (Wildman–Crippen MR) is 121 cm³/mol. The lowest BCUT2D eigenvalue weighted by Gasteiger charge is -2.23. The maximum Gasteiger partial charge on any atom is 0.204 e. The summed E-state index contributed by atoms with van der Waals surface area (Å²) in [5.41, 5.74) is 0.707. The van der Waals surface area contributed by atoms with Gasteiger partial charge in [0.2, 0.25) is 11.5 Å².